The van der Waals surface area contributed by atoms with Gasteiger partial charge in [-0.15, -0.1) is 0 Å². The fourth-order valence-corrected chi connectivity index (χ4v) is 4.97. The molecule has 1 unspecified atom stereocenters. The Bertz CT molecular complexity index is 1310. The first-order chi connectivity index (χ1) is 17.3. The molecule has 1 amide bonds. The van der Waals surface area contributed by atoms with Crippen molar-refractivity contribution in [2.45, 2.75) is 66.0 Å². The molecule has 37 heavy (non-hydrogen) atoms. The summed E-state index contributed by atoms with van der Waals surface area (Å²) in [6, 6.07) is 4.85. The van der Waals surface area contributed by atoms with Gasteiger partial charge in [0.25, 0.3) is 0 Å². The molecule has 7 nitrogen and oxygen atoms in total. The topological polar surface area (TPSA) is 89.4 Å². The first kappa shape index (κ1) is 26.5. The van der Waals surface area contributed by atoms with Gasteiger partial charge in [0.05, 0.1) is 12.6 Å². The van der Waals surface area contributed by atoms with Crippen molar-refractivity contribution >= 4 is 23.9 Å². The van der Waals surface area contributed by atoms with Crippen molar-refractivity contribution in [3.8, 4) is 0 Å². The van der Waals surface area contributed by atoms with Crippen LogP contribution in [0.15, 0.2) is 42.1 Å². The van der Waals surface area contributed by atoms with E-state index in [2.05, 4.69) is 10.6 Å². The van der Waals surface area contributed by atoms with Gasteiger partial charge in [-0.25, -0.2) is 9.18 Å². The molecule has 2 aromatic rings. The molecular formula is C29H34FN3O4. The number of nitrogens with zero attached hydrogens (tertiary/aromatic N) is 1. The number of ketones is 1. The second kappa shape index (κ2) is 9.74. The third-order valence-corrected chi connectivity index (χ3v) is 6.71. The number of carbonyl (C=O) groups is 3. The Labute approximate surface area is 216 Å². The third kappa shape index (κ3) is 5.16. The summed E-state index contributed by atoms with van der Waals surface area (Å²) in [4.78, 5) is 39.3. The van der Waals surface area contributed by atoms with Gasteiger partial charge in [0.2, 0.25) is 5.91 Å². The van der Waals surface area contributed by atoms with Crippen LogP contribution in [-0.2, 0) is 27.9 Å². The predicted molar refractivity (Wildman–Crippen MR) is 140 cm³/mol. The van der Waals surface area contributed by atoms with Gasteiger partial charge in [0.1, 0.15) is 5.82 Å². The largest absolute Gasteiger partial charge is 0.449 e. The molecule has 2 aliphatic rings. The van der Waals surface area contributed by atoms with E-state index >= 15 is 0 Å². The molecule has 2 N–H and O–H groups in total. The molecule has 0 fully saturated rings. The number of aromatic nitrogens is 1. The SMILES string of the molecule is CCOC(=O)n1c2c(c3c1CC(C(=O)c1ccc(F)cc1)NC3(C)C)C=C(NC(=O)C(C)(C)C)C=CC2. The number of nitrogens with one attached hydrogen (secondary N) is 2. The first-order valence-corrected chi connectivity index (χ1v) is 12.5. The minimum atomic E-state index is -0.699. The fourth-order valence-electron chi connectivity index (χ4n) is 4.97. The van der Waals surface area contributed by atoms with Crippen molar-refractivity contribution in [1.82, 2.24) is 15.2 Å². The maximum atomic E-state index is 13.4. The smallest absolute Gasteiger partial charge is 0.418 e. The Kier molecular flexibility index (Phi) is 6.99. The molecule has 1 aromatic heterocycles. The van der Waals surface area contributed by atoms with E-state index in [1.807, 2.05) is 52.8 Å². The van der Waals surface area contributed by atoms with Crippen LogP contribution in [0.25, 0.3) is 6.08 Å². The first-order valence-electron chi connectivity index (χ1n) is 12.5. The lowest BCUT2D eigenvalue weighted by molar-refractivity contribution is -0.127. The molecular weight excluding hydrogens is 473 g/mol. The van der Waals surface area contributed by atoms with E-state index in [0.717, 1.165) is 16.8 Å². The van der Waals surface area contributed by atoms with Crippen molar-refractivity contribution in [3.63, 3.8) is 0 Å². The minimum Gasteiger partial charge on any atom is -0.449 e. The molecule has 2 heterocycles. The number of carbonyl (C=O) groups excluding carboxylic acids is 3. The Morgan fingerprint density at radius 1 is 1.16 bits per heavy atom. The van der Waals surface area contributed by atoms with Crippen molar-refractivity contribution in [2.24, 2.45) is 5.41 Å². The molecule has 1 aliphatic carbocycles. The van der Waals surface area contributed by atoms with Crippen LogP contribution in [0.3, 0.4) is 0 Å². The number of benzene rings is 1. The van der Waals surface area contributed by atoms with Crippen molar-refractivity contribution < 1.29 is 23.5 Å². The zero-order chi connectivity index (χ0) is 27.1. The van der Waals surface area contributed by atoms with Gasteiger partial charge in [-0.2, -0.15) is 0 Å². The molecule has 196 valence electrons. The highest BCUT2D eigenvalue weighted by Crippen LogP contribution is 2.40. The standard InChI is InChI=1S/C29H34FN3O4/c1-7-37-27(36)33-22-10-8-9-19(31-26(35)28(2,3)4)15-20(22)24-23(33)16-21(32-29(24,5)6)25(34)17-11-13-18(30)14-12-17/h8-9,11-15,21,32H,7,10,16H2,1-6H3,(H,31,35). The number of rotatable bonds is 4. The molecule has 8 heteroatoms. The molecule has 1 atom stereocenters. The maximum Gasteiger partial charge on any atom is 0.418 e. The molecule has 0 radical (unpaired) electrons. The van der Waals surface area contributed by atoms with Gasteiger partial charge in [-0.3, -0.25) is 19.5 Å². The highest BCUT2D eigenvalue weighted by molar-refractivity contribution is 6.00. The Morgan fingerprint density at radius 3 is 2.46 bits per heavy atom. The monoisotopic (exact) mass is 507 g/mol. The molecule has 0 saturated heterocycles. The van der Waals surface area contributed by atoms with Crippen LogP contribution in [0.4, 0.5) is 9.18 Å². The van der Waals surface area contributed by atoms with Crippen LogP contribution in [0.1, 0.15) is 74.4 Å². The van der Waals surface area contributed by atoms with E-state index < -0.39 is 28.9 Å². The van der Waals surface area contributed by atoms with E-state index in [-0.39, 0.29) is 24.7 Å². The zero-order valence-electron chi connectivity index (χ0n) is 22.2. The number of Topliss-reactive ketones (excluding diaryl/α,β-unsaturated/α-hetero) is 1. The molecule has 0 spiro atoms. The number of hydrogen-bond donors (Lipinski definition) is 2. The quantitative estimate of drug-likeness (QED) is 0.576. The maximum absolute atomic E-state index is 13.4. The van der Waals surface area contributed by atoms with Gasteiger partial charge in [-0.05, 0) is 57.2 Å². The third-order valence-electron chi connectivity index (χ3n) is 6.71. The van der Waals surface area contributed by atoms with Crippen LogP contribution in [0.5, 0.6) is 0 Å². The number of hydrogen-bond acceptors (Lipinski definition) is 5. The summed E-state index contributed by atoms with van der Waals surface area (Å²) in [7, 11) is 0. The number of ether oxygens (including phenoxy) is 1. The van der Waals surface area contributed by atoms with Crippen molar-refractivity contribution in [1.29, 1.82) is 0 Å². The summed E-state index contributed by atoms with van der Waals surface area (Å²) >= 11 is 0. The van der Waals surface area contributed by atoms with Gasteiger partial charge in [0, 0.05) is 57.6 Å². The van der Waals surface area contributed by atoms with Crippen LogP contribution in [-0.4, -0.2) is 35.0 Å². The van der Waals surface area contributed by atoms with Crippen LogP contribution in [0.2, 0.25) is 0 Å². The summed E-state index contributed by atoms with van der Waals surface area (Å²) in [5.41, 5.74) is 2.88. The van der Waals surface area contributed by atoms with Crippen LogP contribution in [0, 0.1) is 11.2 Å². The van der Waals surface area contributed by atoms with Crippen LogP contribution >= 0.6 is 0 Å². The van der Waals surface area contributed by atoms with Gasteiger partial charge >= 0.3 is 6.09 Å². The summed E-state index contributed by atoms with van der Waals surface area (Å²) < 4.78 is 20.4. The van der Waals surface area contributed by atoms with Crippen molar-refractivity contribution in [3.05, 3.63) is 76.0 Å². The fraction of sp³-hybridized carbons (Fsp3) is 0.414. The van der Waals surface area contributed by atoms with E-state index in [4.69, 9.17) is 4.74 Å². The van der Waals surface area contributed by atoms with Gasteiger partial charge in [-0.1, -0.05) is 26.8 Å². The zero-order valence-corrected chi connectivity index (χ0v) is 22.2. The Balaban J connectivity index is 1.84. The Hall–Kier alpha value is -3.52. The van der Waals surface area contributed by atoms with E-state index in [1.54, 1.807) is 11.5 Å². The number of fused-ring (bicyclic) bond motifs is 3. The summed E-state index contributed by atoms with van der Waals surface area (Å²) in [5.74, 6) is -0.711. The Morgan fingerprint density at radius 2 is 1.84 bits per heavy atom. The molecule has 1 aliphatic heterocycles. The number of allylic oxidation sites excluding steroid dienone is 2. The lowest BCUT2D eigenvalue weighted by Crippen LogP contribution is -2.53. The lowest BCUT2D eigenvalue weighted by Gasteiger charge is -2.38. The van der Waals surface area contributed by atoms with Gasteiger partial charge in [0.15, 0.2) is 5.78 Å². The summed E-state index contributed by atoms with van der Waals surface area (Å²) in [6.45, 7) is 11.4. The molecule has 4 rings (SSSR count). The molecule has 0 saturated carbocycles. The van der Waals surface area contributed by atoms with E-state index in [1.165, 1.54) is 24.3 Å². The highest BCUT2D eigenvalue weighted by Gasteiger charge is 2.42. The van der Waals surface area contributed by atoms with Crippen molar-refractivity contribution in [2.75, 3.05) is 6.61 Å². The minimum absolute atomic E-state index is 0.118. The lowest BCUT2D eigenvalue weighted by atomic mass is 9.81. The predicted octanol–water partition coefficient (Wildman–Crippen LogP) is 4.88. The molecule has 1 aromatic carbocycles. The normalized spacial score (nSPS) is 18.2. The molecule has 0 bridgehead atoms. The summed E-state index contributed by atoms with van der Waals surface area (Å²) in [6.07, 6.45) is 5.83. The second-order valence-electron chi connectivity index (χ2n) is 11.0. The highest BCUT2D eigenvalue weighted by atomic mass is 19.1. The average molecular weight is 508 g/mol. The van der Waals surface area contributed by atoms with E-state index in [0.29, 0.717) is 23.4 Å². The number of halogens is 1. The summed E-state index contributed by atoms with van der Waals surface area (Å²) in [5, 5.41) is 6.45. The number of amides is 1. The van der Waals surface area contributed by atoms with Gasteiger partial charge < -0.3 is 10.1 Å². The van der Waals surface area contributed by atoms with Crippen LogP contribution < -0.4 is 10.6 Å². The average Bonchev–Trinajstić information content (AvgIpc) is 2.98. The van der Waals surface area contributed by atoms with E-state index in [9.17, 15) is 18.8 Å². The second-order valence-corrected chi connectivity index (χ2v) is 11.0.